The van der Waals surface area contributed by atoms with Crippen molar-refractivity contribution in [3.05, 3.63) is 83.8 Å². The molecule has 2 aliphatic heterocycles. The van der Waals surface area contributed by atoms with Crippen LogP contribution in [-0.2, 0) is 19.3 Å². The lowest BCUT2D eigenvalue weighted by atomic mass is 9.71. The number of allylic oxidation sites excluding steroid dienone is 1. The maximum absolute atomic E-state index is 12.6. The van der Waals surface area contributed by atoms with Gasteiger partial charge in [-0.2, -0.15) is 13.2 Å². The number of hydrogen-bond donors (Lipinski definition) is 1. The van der Waals surface area contributed by atoms with E-state index in [1.807, 2.05) is 0 Å². The molecule has 7 nitrogen and oxygen atoms in total. The Kier molecular flexibility index (Phi) is 7.14. The number of ether oxygens (including phenoxy) is 1. The minimum atomic E-state index is -4.46. The van der Waals surface area contributed by atoms with E-state index in [0.29, 0.717) is 23.3 Å². The Bertz CT molecular complexity index is 1230. The maximum Gasteiger partial charge on any atom is 0.433 e. The number of hydrogen-bond acceptors (Lipinski definition) is 7. The van der Waals surface area contributed by atoms with E-state index in [0.717, 1.165) is 44.0 Å². The fourth-order valence-electron chi connectivity index (χ4n) is 4.97. The van der Waals surface area contributed by atoms with Gasteiger partial charge in [0.2, 0.25) is 5.88 Å². The van der Waals surface area contributed by atoms with Crippen LogP contribution in [0.4, 0.5) is 24.7 Å². The SMILES string of the molecule is C=C(C)N1CCC2(CC1)CN(c1ccc(CNc3ccc(OCc4ccc(C(F)(F)F)nc4)nn3)cc1)C2. The summed E-state index contributed by atoms with van der Waals surface area (Å²) in [5.41, 5.74) is 3.59. The van der Waals surface area contributed by atoms with E-state index in [1.165, 1.54) is 30.3 Å². The first kappa shape index (κ1) is 25.8. The number of anilines is 2. The average molecular weight is 525 g/mol. The summed E-state index contributed by atoms with van der Waals surface area (Å²) in [4.78, 5) is 8.27. The lowest BCUT2D eigenvalue weighted by Gasteiger charge is -2.55. The second-order valence-corrected chi connectivity index (χ2v) is 10.2. The summed E-state index contributed by atoms with van der Waals surface area (Å²) in [6.45, 7) is 11.3. The smallest absolute Gasteiger partial charge is 0.433 e. The molecule has 0 amide bonds. The second kappa shape index (κ2) is 10.5. The molecule has 1 N–H and O–H groups in total. The maximum atomic E-state index is 12.6. The number of piperidine rings is 1. The van der Waals surface area contributed by atoms with E-state index in [9.17, 15) is 13.2 Å². The van der Waals surface area contributed by atoms with Crippen molar-refractivity contribution in [1.29, 1.82) is 0 Å². The zero-order valence-corrected chi connectivity index (χ0v) is 21.3. The monoisotopic (exact) mass is 524 g/mol. The first-order valence-electron chi connectivity index (χ1n) is 12.7. The highest BCUT2D eigenvalue weighted by Crippen LogP contribution is 2.43. The Morgan fingerprint density at radius 3 is 2.29 bits per heavy atom. The summed E-state index contributed by atoms with van der Waals surface area (Å²) in [5.74, 6) is 0.876. The molecule has 2 aliphatic rings. The molecule has 0 unspecified atom stereocenters. The largest absolute Gasteiger partial charge is 0.472 e. The lowest BCUT2D eigenvalue weighted by Crippen LogP contribution is -2.60. The topological polar surface area (TPSA) is 66.4 Å². The van der Waals surface area contributed by atoms with Gasteiger partial charge in [-0.3, -0.25) is 4.98 Å². The fourth-order valence-corrected chi connectivity index (χ4v) is 4.97. The van der Waals surface area contributed by atoms with E-state index in [2.05, 4.69) is 68.1 Å². The second-order valence-electron chi connectivity index (χ2n) is 10.2. The van der Waals surface area contributed by atoms with Crippen LogP contribution in [0, 0.1) is 5.41 Å². The quantitative estimate of drug-likeness (QED) is 0.416. The molecule has 1 aromatic carbocycles. The van der Waals surface area contributed by atoms with Crippen LogP contribution in [0.2, 0.25) is 0 Å². The van der Waals surface area contributed by atoms with Crippen molar-refractivity contribution < 1.29 is 17.9 Å². The molecule has 10 heteroatoms. The van der Waals surface area contributed by atoms with Gasteiger partial charge in [-0.05, 0) is 49.6 Å². The molecule has 0 aliphatic carbocycles. The van der Waals surface area contributed by atoms with Crippen molar-refractivity contribution in [3.63, 3.8) is 0 Å². The number of benzene rings is 1. The molecular formula is C28H31F3N6O. The number of rotatable bonds is 8. The van der Waals surface area contributed by atoms with Crippen LogP contribution in [0.3, 0.4) is 0 Å². The highest BCUT2D eigenvalue weighted by Gasteiger charge is 2.44. The van der Waals surface area contributed by atoms with Crippen LogP contribution in [-0.4, -0.2) is 46.3 Å². The van der Waals surface area contributed by atoms with Gasteiger partial charge in [0.25, 0.3) is 0 Å². The third kappa shape index (κ3) is 6.00. The van der Waals surface area contributed by atoms with Gasteiger partial charge < -0.3 is 19.9 Å². The predicted octanol–water partition coefficient (Wildman–Crippen LogP) is 5.52. The summed E-state index contributed by atoms with van der Waals surface area (Å²) in [5, 5.41) is 11.4. The van der Waals surface area contributed by atoms with Crippen LogP contribution < -0.4 is 15.0 Å². The number of halogens is 3. The highest BCUT2D eigenvalue weighted by atomic mass is 19.4. The Morgan fingerprint density at radius 1 is 1.00 bits per heavy atom. The Balaban J connectivity index is 1.05. The normalized spacial score (nSPS) is 16.7. The molecule has 0 radical (unpaired) electrons. The molecule has 1 spiro atoms. The van der Waals surface area contributed by atoms with Gasteiger partial charge in [0.05, 0.1) is 0 Å². The van der Waals surface area contributed by atoms with Crippen LogP contribution in [0.15, 0.2) is 67.0 Å². The molecule has 5 rings (SSSR count). The van der Waals surface area contributed by atoms with Gasteiger partial charge in [-0.15, -0.1) is 10.2 Å². The Labute approximate surface area is 220 Å². The summed E-state index contributed by atoms with van der Waals surface area (Å²) >= 11 is 0. The van der Waals surface area contributed by atoms with Crippen LogP contribution in [0.1, 0.15) is 36.6 Å². The summed E-state index contributed by atoms with van der Waals surface area (Å²) in [6.07, 6.45) is -0.855. The Morgan fingerprint density at radius 2 is 1.71 bits per heavy atom. The van der Waals surface area contributed by atoms with E-state index in [4.69, 9.17) is 4.74 Å². The van der Waals surface area contributed by atoms with Crippen molar-refractivity contribution in [2.45, 2.75) is 39.1 Å². The van der Waals surface area contributed by atoms with Gasteiger partial charge in [0, 0.05) is 67.3 Å². The van der Waals surface area contributed by atoms with Gasteiger partial charge in [0.15, 0.2) is 0 Å². The molecule has 0 atom stereocenters. The molecule has 200 valence electrons. The molecule has 4 heterocycles. The van der Waals surface area contributed by atoms with Crippen molar-refractivity contribution in [2.75, 3.05) is 36.4 Å². The molecule has 38 heavy (non-hydrogen) atoms. The van der Waals surface area contributed by atoms with Crippen molar-refractivity contribution in [1.82, 2.24) is 20.1 Å². The zero-order valence-electron chi connectivity index (χ0n) is 21.3. The molecule has 3 aromatic rings. The van der Waals surface area contributed by atoms with Crippen molar-refractivity contribution in [2.24, 2.45) is 5.41 Å². The predicted molar refractivity (Wildman–Crippen MR) is 140 cm³/mol. The molecule has 2 aromatic heterocycles. The molecule has 2 fully saturated rings. The van der Waals surface area contributed by atoms with Crippen molar-refractivity contribution in [3.8, 4) is 5.88 Å². The van der Waals surface area contributed by atoms with E-state index < -0.39 is 11.9 Å². The third-order valence-electron chi connectivity index (χ3n) is 7.33. The average Bonchev–Trinajstić information content (AvgIpc) is 2.90. The molecule has 2 saturated heterocycles. The number of nitrogens with one attached hydrogen (secondary N) is 1. The lowest BCUT2D eigenvalue weighted by molar-refractivity contribution is -0.141. The first-order chi connectivity index (χ1) is 18.2. The first-order valence-corrected chi connectivity index (χ1v) is 12.7. The molecule has 0 saturated carbocycles. The van der Waals surface area contributed by atoms with E-state index >= 15 is 0 Å². The summed E-state index contributed by atoms with van der Waals surface area (Å²) < 4.78 is 43.4. The molecular weight excluding hydrogens is 493 g/mol. The van der Waals surface area contributed by atoms with E-state index in [-0.39, 0.29) is 12.5 Å². The standard InChI is InChI=1S/C28H31F3N6O/c1-20(2)36-13-11-27(12-14-36)18-37(19-27)23-6-3-21(4-7-23)15-33-25-9-10-26(35-34-25)38-17-22-5-8-24(32-16-22)28(29,30)31/h3-10,16H,1,11-15,17-19H2,2H3,(H,33,34). The van der Waals surface area contributed by atoms with Crippen LogP contribution in [0.5, 0.6) is 5.88 Å². The van der Waals surface area contributed by atoms with Crippen molar-refractivity contribution >= 4 is 11.5 Å². The van der Waals surface area contributed by atoms with E-state index in [1.54, 1.807) is 12.1 Å². The van der Waals surface area contributed by atoms with Gasteiger partial charge in [0.1, 0.15) is 18.1 Å². The number of alkyl halides is 3. The number of nitrogens with zero attached hydrogens (tertiary/aromatic N) is 5. The third-order valence-corrected chi connectivity index (χ3v) is 7.33. The fraction of sp³-hybridized carbons (Fsp3) is 0.393. The number of pyridine rings is 1. The van der Waals surface area contributed by atoms with Crippen LogP contribution >= 0.6 is 0 Å². The number of likely N-dealkylation sites (tertiary alicyclic amines) is 1. The Hall–Kier alpha value is -3.82. The van der Waals surface area contributed by atoms with Crippen LogP contribution in [0.25, 0.3) is 0 Å². The van der Waals surface area contributed by atoms with Gasteiger partial charge >= 0.3 is 6.18 Å². The van der Waals surface area contributed by atoms with Gasteiger partial charge in [-0.1, -0.05) is 24.8 Å². The van der Waals surface area contributed by atoms with Gasteiger partial charge in [-0.25, -0.2) is 0 Å². The molecule has 0 bridgehead atoms. The summed E-state index contributed by atoms with van der Waals surface area (Å²) in [7, 11) is 0. The minimum absolute atomic E-state index is 0.0457. The zero-order chi connectivity index (χ0) is 26.8. The highest BCUT2D eigenvalue weighted by molar-refractivity contribution is 5.51. The summed E-state index contributed by atoms with van der Waals surface area (Å²) in [6, 6.07) is 14.3. The number of aromatic nitrogens is 3. The minimum Gasteiger partial charge on any atom is -0.472 e.